The summed E-state index contributed by atoms with van der Waals surface area (Å²) in [5, 5.41) is 0. The summed E-state index contributed by atoms with van der Waals surface area (Å²) in [7, 11) is 0. The van der Waals surface area contributed by atoms with Gasteiger partial charge in [0.05, 0.1) is 0 Å². The Hall–Kier alpha value is -0.550. The van der Waals surface area contributed by atoms with Crippen LogP contribution in [-0.4, -0.2) is 23.1 Å². The molecule has 5 heteroatoms. The van der Waals surface area contributed by atoms with Crippen LogP contribution in [-0.2, 0) is 11.3 Å². The summed E-state index contributed by atoms with van der Waals surface area (Å²) >= 11 is 6.95. The molecule has 0 fully saturated rings. The molecule has 118 valence electrons. The summed E-state index contributed by atoms with van der Waals surface area (Å²) in [6.07, 6.45) is -0.271. The Kier molecular flexibility index (Phi) is 6.72. The van der Waals surface area contributed by atoms with Gasteiger partial charge < -0.3 is 9.64 Å². The van der Waals surface area contributed by atoms with E-state index >= 15 is 0 Å². The first kappa shape index (κ1) is 18.5. The normalized spacial score (nSPS) is 11.6. The molecule has 0 saturated heterocycles. The number of hydrogen-bond donors (Lipinski definition) is 0. The van der Waals surface area contributed by atoms with E-state index in [-0.39, 0.29) is 6.09 Å². The second-order valence-corrected chi connectivity index (χ2v) is 8.36. The van der Waals surface area contributed by atoms with Gasteiger partial charge in [-0.2, -0.15) is 0 Å². The van der Waals surface area contributed by atoms with E-state index in [0.717, 1.165) is 14.5 Å². The smallest absolute Gasteiger partial charge is 0.410 e. The van der Waals surface area contributed by atoms with E-state index < -0.39 is 5.60 Å². The average molecular weight is 421 g/mol. The molecular weight excluding hydrogens is 398 g/mol. The Morgan fingerprint density at radius 3 is 2.14 bits per heavy atom. The highest BCUT2D eigenvalue weighted by molar-refractivity contribution is 9.11. The van der Waals surface area contributed by atoms with E-state index in [9.17, 15) is 4.79 Å². The van der Waals surface area contributed by atoms with Crippen molar-refractivity contribution in [1.82, 2.24) is 4.90 Å². The number of nitrogens with zero attached hydrogens (tertiary/aromatic N) is 1. The molecule has 0 unspecified atom stereocenters. The molecule has 1 amide bonds. The molecule has 0 aliphatic carbocycles. The van der Waals surface area contributed by atoms with Crippen molar-refractivity contribution in [3.63, 3.8) is 0 Å². The summed E-state index contributed by atoms with van der Waals surface area (Å²) in [5.41, 5.74) is 0.576. The van der Waals surface area contributed by atoms with Gasteiger partial charge in [-0.15, -0.1) is 0 Å². The molecule has 0 heterocycles. The summed E-state index contributed by atoms with van der Waals surface area (Å²) in [6, 6.07) is 6.01. The lowest BCUT2D eigenvalue weighted by Gasteiger charge is -2.28. The highest BCUT2D eigenvalue weighted by atomic mass is 79.9. The van der Waals surface area contributed by atoms with Crippen LogP contribution in [0.3, 0.4) is 0 Å². The van der Waals surface area contributed by atoms with Gasteiger partial charge in [0, 0.05) is 22.0 Å². The first-order valence-corrected chi connectivity index (χ1v) is 8.58. The zero-order valence-electron chi connectivity index (χ0n) is 13.2. The van der Waals surface area contributed by atoms with Crippen molar-refractivity contribution in [3.05, 3.63) is 32.7 Å². The van der Waals surface area contributed by atoms with Gasteiger partial charge in [-0.05, 0) is 50.5 Å². The molecule has 1 rings (SSSR count). The molecule has 0 bridgehead atoms. The Bertz CT molecular complexity index is 475. The predicted octanol–water partition coefficient (Wildman–Crippen LogP) is 5.60. The van der Waals surface area contributed by atoms with Crippen molar-refractivity contribution in [3.8, 4) is 0 Å². The first-order chi connectivity index (χ1) is 9.56. The first-order valence-electron chi connectivity index (χ1n) is 6.99. The van der Waals surface area contributed by atoms with Crippen molar-refractivity contribution < 1.29 is 9.53 Å². The standard InChI is InChI=1S/C16H23Br2NO2/c1-11(2)9-19(15(20)21-16(3,4)5)10-12-6-13(17)8-14(18)7-12/h6-8,11H,9-10H2,1-5H3. The number of rotatable bonds is 4. The van der Waals surface area contributed by atoms with Crippen molar-refractivity contribution in [2.45, 2.75) is 46.8 Å². The van der Waals surface area contributed by atoms with Gasteiger partial charge in [0.2, 0.25) is 0 Å². The third-order valence-corrected chi connectivity index (χ3v) is 3.45. The van der Waals surface area contributed by atoms with Crippen LogP contribution < -0.4 is 0 Å². The third kappa shape index (κ3) is 7.32. The van der Waals surface area contributed by atoms with Gasteiger partial charge in [0.25, 0.3) is 0 Å². The predicted molar refractivity (Wildman–Crippen MR) is 93.3 cm³/mol. The van der Waals surface area contributed by atoms with E-state index in [1.54, 1.807) is 4.90 Å². The SMILES string of the molecule is CC(C)CN(Cc1cc(Br)cc(Br)c1)C(=O)OC(C)(C)C. The minimum absolute atomic E-state index is 0.271. The van der Waals surface area contributed by atoms with Gasteiger partial charge in [0.1, 0.15) is 5.60 Å². The lowest BCUT2D eigenvalue weighted by atomic mass is 10.1. The fraction of sp³-hybridized carbons (Fsp3) is 0.562. The minimum Gasteiger partial charge on any atom is -0.444 e. The monoisotopic (exact) mass is 419 g/mol. The second kappa shape index (κ2) is 7.63. The van der Waals surface area contributed by atoms with Gasteiger partial charge in [-0.25, -0.2) is 4.79 Å². The van der Waals surface area contributed by atoms with Gasteiger partial charge >= 0.3 is 6.09 Å². The number of hydrogen-bond acceptors (Lipinski definition) is 2. The molecule has 0 aliphatic rings. The molecule has 1 aromatic carbocycles. The van der Waals surface area contributed by atoms with E-state index in [1.807, 2.05) is 39.0 Å². The molecule has 0 aliphatic heterocycles. The van der Waals surface area contributed by atoms with Crippen molar-refractivity contribution in [2.24, 2.45) is 5.92 Å². The average Bonchev–Trinajstić information content (AvgIpc) is 2.23. The van der Waals surface area contributed by atoms with Crippen molar-refractivity contribution in [1.29, 1.82) is 0 Å². The molecule has 0 radical (unpaired) electrons. The second-order valence-electron chi connectivity index (χ2n) is 6.53. The molecule has 3 nitrogen and oxygen atoms in total. The number of amides is 1. The Morgan fingerprint density at radius 1 is 1.19 bits per heavy atom. The quantitative estimate of drug-likeness (QED) is 0.633. The maximum Gasteiger partial charge on any atom is 0.410 e. The van der Waals surface area contributed by atoms with Crippen LogP contribution in [0.5, 0.6) is 0 Å². The zero-order chi connectivity index (χ0) is 16.2. The van der Waals surface area contributed by atoms with Crippen LogP contribution >= 0.6 is 31.9 Å². The molecule has 21 heavy (non-hydrogen) atoms. The summed E-state index contributed by atoms with van der Waals surface area (Å²) in [6.45, 7) is 11.0. The maximum atomic E-state index is 12.3. The van der Waals surface area contributed by atoms with Crippen molar-refractivity contribution >= 4 is 38.0 Å². The molecular formula is C16H23Br2NO2. The molecule has 0 N–H and O–H groups in total. The van der Waals surface area contributed by atoms with Crippen molar-refractivity contribution in [2.75, 3.05) is 6.54 Å². The van der Waals surface area contributed by atoms with Crippen LogP contribution in [0.4, 0.5) is 4.79 Å². The third-order valence-electron chi connectivity index (χ3n) is 2.53. The van der Waals surface area contributed by atoms with E-state index in [4.69, 9.17) is 4.74 Å². The number of ether oxygens (including phenoxy) is 1. The largest absolute Gasteiger partial charge is 0.444 e. The number of halogens is 2. The number of carbonyl (C=O) groups excluding carboxylic acids is 1. The Balaban J connectivity index is 2.89. The van der Waals surface area contributed by atoms with Gasteiger partial charge in [-0.1, -0.05) is 45.7 Å². The lowest BCUT2D eigenvalue weighted by Crippen LogP contribution is -2.38. The maximum absolute atomic E-state index is 12.3. The molecule has 0 spiro atoms. The van der Waals surface area contributed by atoms with Gasteiger partial charge in [0.15, 0.2) is 0 Å². The minimum atomic E-state index is -0.482. The van der Waals surface area contributed by atoms with Crippen LogP contribution in [0.15, 0.2) is 27.1 Å². The number of benzene rings is 1. The van der Waals surface area contributed by atoms with E-state index in [2.05, 4.69) is 45.7 Å². The molecule has 0 aromatic heterocycles. The summed E-state index contributed by atoms with van der Waals surface area (Å²) in [5.74, 6) is 0.383. The summed E-state index contributed by atoms with van der Waals surface area (Å²) < 4.78 is 7.47. The van der Waals surface area contributed by atoms with Crippen LogP contribution in [0, 0.1) is 5.92 Å². The Morgan fingerprint density at radius 2 is 1.71 bits per heavy atom. The molecule has 0 saturated carbocycles. The highest BCUT2D eigenvalue weighted by Gasteiger charge is 2.23. The van der Waals surface area contributed by atoms with Crippen LogP contribution in [0.2, 0.25) is 0 Å². The lowest BCUT2D eigenvalue weighted by molar-refractivity contribution is 0.0211. The topological polar surface area (TPSA) is 29.5 Å². The number of carbonyl (C=O) groups is 1. The van der Waals surface area contributed by atoms with Crippen LogP contribution in [0.1, 0.15) is 40.2 Å². The zero-order valence-corrected chi connectivity index (χ0v) is 16.4. The van der Waals surface area contributed by atoms with Gasteiger partial charge in [-0.3, -0.25) is 0 Å². The summed E-state index contributed by atoms with van der Waals surface area (Å²) in [4.78, 5) is 14.1. The van der Waals surface area contributed by atoms with E-state index in [0.29, 0.717) is 19.0 Å². The fourth-order valence-electron chi connectivity index (χ4n) is 1.89. The van der Waals surface area contributed by atoms with E-state index in [1.165, 1.54) is 0 Å². The Labute approximate surface area is 144 Å². The fourth-order valence-corrected chi connectivity index (χ4v) is 3.28. The van der Waals surface area contributed by atoms with Crippen LogP contribution in [0.25, 0.3) is 0 Å². The molecule has 0 atom stereocenters. The molecule has 1 aromatic rings. The highest BCUT2D eigenvalue weighted by Crippen LogP contribution is 2.22.